The lowest BCUT2D eigenvalue weighted by molar-refractivity contribution is -0.149. The summed E-state index contributed by atoms with van der Waals surface area (Å²) in [6.45, 7) is 10.4. The molecule has 1 saturated heterocycles. The van der Waals surface area contributed by atoms with E-state index in [9.17, 15) is 14.4 Å². The third-order valence-electron chi connectivity index (χ3n) is 7.55. The number of hydrogen-bond acceptors (Lipinski definition) is 5. The highest BCUT2D eigenvalue weighted by atomic mass is 16.2. The molecule has 3 rings (SSSR count). The number of carbonyl (C=O) groups excluding carboxylic acids is 3. The van der Waals surface area contributed by atoms with Gasteiger partial charge in [0.05, 0.1) is 0 Å². The van der Waals surface area contributed by atoms with Crippen LogP contribution in [0.3, 0.4) is 0 Å². The van der Waals surface area contributed by atoms with Gasteiger partial charge in [-0.1, -0.05) is 48.0 Å². The van der Waals surface area contributed by atoms with Gasteiger partial charge in [0.25, 0.3) is 0 Å². The summed E-state index contributed by atoms with van der Waals surface area (Å²) in [6.07, 6.45) is 2.46. The lowest BCUT2D eigenvalue weighted by Crippen LogP contribution is -2.57. The molecule has 212 valence electrons. The summed E-state index contributed by atoms with van der Waals surface area (Å²) in [6, 6.07) is 12.7. The van der Waals surface area contributed by atoms with Crippen LogP contribution in [0.25, 0.3) is 10.8 Å². The van der Waals surface area contributed by atoms with Crippen LogP contribution in [-0.2, 0) is 20.8 Å². The molecule has 8 heteroatoms. The molecule has 2 atom stereocenters. The second kappa shape index (κ2) is 12.7. The molecule has 1 aliphatic rings. The molecule has 2 N–H and O–H groups in total. The van der Waals surface area contributed by atoms with Gasteiger partial charge in [-0.3, -0.25) is 14.4 Å². The average Bonchev–Trinajstić information content (AvgIpc) is 2.88. The first-order chi connectivity index (χ1) is 18.3. The Morgan fingerprint density at radius 3 is 2.23 bits per heavy atom. The van der Waals surface area contributed by atoms with Crippen LogP contribution in [0.5, 0.6) is 0 Å². The number of likely N-dealkylation sites (N-methyl/N-ethyl adjacent to an activating group) is 3. The molecule has 2 aromatic rings. The molecular formula is C31H45N5O3. The van der Waals surface area contributed by atoms with Crippen molar-refractivity contribution in [2.75, 3.05) is 47.3 Å². The minimum atomic E-state index is -0.777. The average molecular weight is 536 g/mol. The molecule has 0 saturated carbocycles. The maximum absolute atomic E-state index is 14.0. The molecule has 0 spiro atoms. The number of nitrogens with zero attached hydrogens (tertiary/aromatic N) is 4. The van der Waals surface area contributed by atoms with E-state index in [2.05, 4.69) is 11.0 Å². The molecule has 1 aliphatic heterocycles. The quantitative estimate of drug-likeness (QED) is 0.499. The number of carbonyl (C=O) groups is 3. The highest BCUT2D eigenvalue weighted by Crippen LogP contribution is 2.20. The molecule has 0 unspecified atom stereocenters. The molecule has 8 nitrogen and oxygen atoms in total. The van der Waals surface area contributed by atoms with E-state index in [0.717, 1.165) is 35.0 Å². The number of amides is 3. The van der Waals surface area contributed by atoms with Crippen molar-refractivity contribution in [3.05, 3.63) is 59.7 Å². The first-order valence-electron chi connectivity index (χ1n) is 13.7. The van der Waals surface area contributed by atoms with Crippen molar-refractivity contribution in [2.24, 2.45) is 5.73 Å². The topological polar surface area (TPSA) is 90.2 Å². The van der Waals surface area contributed by atoms with E-state index >= 15 is 0 Å². The summed E-state index contributed by atoms with van der Waals surface area (Å²) >= 11 is 0. The van der Waals surface area contributed by atoms with Crippen molar-refractivity contribution in [1.29, 1.82) is 0 Å². The second-order valence-electron chi connectivity index (χ2n) is 11.8. The van der Waals surface area contributed by atoms with Gasteiger partial charge in [0.2, 0.25) is 17.7 Å². The zero-order valence-corrected chi connectivity index (χ0v) is 24.6. The highest BCUT2D eigenvalue weighted by molar-refractivity contribution is 5.95. The Bertz CT molecular complexity index is 1210. The smallest absolute Gasteiger partial charge is 0.246 e. The summed E-state index contributed by atoms with van der Waals surface area (Å²) in [5, 5.41) is 2.18. The van der Waals surface area contributed by atoms with Gasteiger partial charge in [0.15, 0.2) is 0 Å². The Morgan fingerprint density at radius 2 is 1.62 bits per heavy atom. The van der Waals surface area contributed by atoms with Crippen LogP contribution >= 0.6 is 0 Å². The fourth-order valence-electron chi connectivity index (χ4n) is 5.10. The van der Waals surface area contributed by atoms with Crippen LogP contribution in [0, 0.1) is 0 Å². The first-order valence-corrected chi connectivity index (χ1v) is 13.7. The molecule has 2 aromatic carbocycles. The number of nitrogens with two attached hydrogens (primary N) is 1. The van der Waals surface area contributed by atoms with Gasteiger partial charge in [-0.2, -0.15) is 0 Å². The van der Waals surface area contributed by atoms with Gasteiger partial charge < -0.3 is 25.3 Å². The van der Waals surface area contributed by atoms with Crippen LogP contribution in [0.15, 0.2) is 54.1 Å². The summed E-state index contributed by atoms with van der Waals surface area (Å²) in [4.78, 5) is 47.6. The molecule has 3 amide bonds. The van der Waals surface area contributed by atoms with Crippen molar-refractivity contribution in [3.63, 3.8) is 0 Å². The molecule has 0 aromatic heterocycles. The maximum atomic E-state index is 14.0. The van der Waals surface area contributed by atoms with Crippen molar-refractivity contribution in [2.45, 2.75) is 58.2 Å². The predicted octanol–water partition coefficient (Wildman–Crippen LogP) is 2.90. The van der Waals surface area contributed by atoms with E-state index in [0.29, 0.717) is 25.9 Å². The zero-order chi connectivity index (χ0) is 28.9. The Morgan fingerprint density at radius 1 is 1.00 bits per heavy atom. The summed E-state index contributed by atoms with van der Waals surface area (Å²) in [5.74, 6) is -0.597. The fraction of sp³-hybridized carbons (Fsp3) is 0.516. The van der Waals surface area contributed by atoms with Crippen molar-refractivity contribution < 1.29 is 14.4 Å². The van der Waals surface area contributed by atoms with Crippen LogP contribution in [0.2, 0.25) is 0 Å². The van der Waals surface area contributed by atoms with Crippen molar-refractivity contribution in [3.8, 4) is 0 Å². The van der Waals surface area contributed by atoms with E-state index < -0.39 is 17.6 Å². The monoisotopic (exact) mass is 535 g/mol. The zero-order valence-electron chi connectivity index (χ0n) is 24.6. The number of rotatable bonds is 9. The largest absolute Gasteiger partial charge is 0.338 e. The van der Waals surface area contributed by atoms with Gasteiger partial charge >= 0.3 is 0 Å². The second-order valence-corrected chi connectivity index (χ2v) is 11.8. The Kier molecular flexibility index (Phi) is 9.91. The molecule has 1 heterocycles. The lowest BCUT2D eigenvalue weighted by Gasteiger charge is -2.37. The summed E-state index contributed by atoms with van der Waals surface area (Å²) in [5.41, 5.74) is 7.50. The Labute approximate surface area is 233 Å². The molecule has 0 aliphatic carbocycles. The first kappa shape index (κ1) is 30.3. The van der Waals surface area contributed by atoms with Gasteiger partial charge in [-0.05, 0) is 57.5 Å². The number of hydrogen-bond donors (Lipinski definition) is 1. The minimum Gasteiger partial charge on any atom is -0.338 e. The molecule has 0 radical (unpaired) electrons. The van der Waals surface area contributed by atoms with E-state index in [1.165, 1.54) is 9.80 Å². The number of piperazine rings is 1. The molecule has 1 fully saturated rings. The summed E-state index contributed by atoms with van der Waals surface area (Å²) in [7, 11) is 5.35. The Balaban J connectivity index is 1.86. The number of fused-ring (bicyclic) bond motifs is 1. The van der Waals surface area contributed by atoms with E-state index in [1.807, 2.05) is 69.1 Å². The minimum absolute atomic E-state index is 0.0710. The molecular weight excluding hydrogens is 490 g/mol. The third kappa shape index (κ3) is 8.13. The lowest BCUT2D eigenvalue weighted by atomic mass is 9.96. The predicted molar refractivity (Wildman–Crippen MR) is 157 cm³/mol. The normalized spacial score (nSPS) is 16.6. The van der Waals surface area contributed by atoms with Crippen LogP contribution in [-0.4, -0.2) is 102 Å². The van der Waals surface area contributed by atoms with Crippen molar-refractivity contribution >= 4 is 28.5 Å². The highest BCUT2D eigenvalue weighted by Gasteiger charge is 2.35. The molecule has 39 heavy (non-hydrogen) atoms. The van der Waals surface area contributed by atoms with Crippen molar-refractivity contribution in [1.82, 2.24) is 19.6 Å². The van der Waals surface area contributed by atoms with E-state index in [1.54, 1.807) is 27.1 Å². The maximum Gasteiger partial charge on any atom is 0.246 e. The Hall–Kier alpha value is -3.23. The van der Waals surface area contributed by atoms with Gasteiger partial charge in [0, 0.05) is 58.3 Å². The van der Waals surface area contributed by atoms with Crippen LogP contribution < -0.4 is 5.73 Å². The van der Waals surface area contributed by atoms with Gasteiger partial charge in [0.1, 0.15) is 12.1 Å². The van der Waals surface area contributed by atoms with E-state index in [4.69, 9.17) is 5.73 Å². The SMILES string of the molecule is C/C(=C\C(=O)N(C)[C@H](Cc1ccc2ccccc2c1)C(=O)N(C)[C@H](C)C(=O)N1CCN(C)CC1)CC(C)(C)N. The standard InChI is InChI=1S/C31H45N5O3/c1-22(21-31(3,4)32)18-28(37)35(7)27(20-24-12-13-25-10-8-9-11-26(25)19-24)30(39)34(6)23(2)29(38)36-16-14-33(5)15-17-36/h8-13,18-19,23,27H,14-17,20-21,32H2,1-7H3/b22-18+/t23-,27-/m1/s1. The molecule has 0 bridgehead atoms. The fourth-order valence-corrected chi connectivity index (χ4v) is 5.10. The third-order valence-corrected chi connectivity index (χ3v) is 7.55. The van der Waals surface area contributed by atoms with Gasteiger partial charge in [-0.15, -0.1) is 0 Å². The van der Waals surface area contributed by atoms with Crippen LogP contribution in [0.4, 0.5) is 0 Å². The van der Waals surface area contributed by atoms with E-state index in [-0.39, 0.29) is 17.7 Å². The summed E-state index contributed by atoms with van der Waals surface area (Å²) < 4.78 is 0. The van der Waals surface area contributed by atoms with Crippen LogP contribution in [0.1, 0.15) is 39.7 Å². The number of benzene rings is 2. The van der Waals surface area contributed by atoms with Gasteiger partial charge in [-0.25, -0.2) is 0 Å².